The smallest absolute Gasteiger partial charge is 0.412 e. The summed E-state index contributed by atoms with van der Waals surface area (Å²) in [7, 11) is 5.41. The molecule has 1 aliphatic heterocycles. The first-order chi connectivity index (χ1) is 43.1. The molecule has 5 amide bonds. The average Bonchev–Trinajstić information content (AvgIpc) is 1.17. The number of nitriles is 2. The van der Waals surface area contributed by atoms with Gasteiger partial charge in [-0.2, -0.15) is 20.7 Å². The van der Waals surface area contributed by atoms with Crippen molar-refractivity contribution in [1.29, 1.82) is 10.5 Å². The third kappa shape index (κ3) is 21.0. The molecule has 2 aromatic heterocycles. The van der Waals surface area contributed by atoms with Crippen LogP contribution in [0, 0.1) is 46.3 Å². The molecule has 0 bridgehead atoms. The molecule has 25 heteroatoms. The van der Waals surface area contributed by atoms with Crippen molar-refractivity contribution >= 4 is 59.3 Å². The van der Waals surface area contributed by atoms with Gasteiger partial charge in [0.25, 0.3) is 23.6 Å². The Balaban J connectivity index is 1.56. The number of anilines is 1. The zero-order chi connectivity index (χ0) is 68.6. The predicted molar refractivity (Wildman–Crippen MR) is 337 cm³/mol. The van der Waals surface area contributed by atoms with E-state index in [1.807, 2.05) is 67.5 Å². The van der Waals surface area contributed by atoms with Crippen molar-refractivity contribution in [3.05, 3.63) is 101 Å². The van der Waals surface area contributed by atoms with E-state index in [1.165, 1.54) is 59.0 Å². The van der Waals surface area contributed by atoms with Crippen LogP contribution in [0.15, 0.2) is 67.0 Å². The summed E-state index contributed by atoms with van der Waals surface area (Å²) in [5.41, 5.74) is 2.42. The summed E-state index contributed by atoms with van der Waals surface area (Å²) in [6.07, 6.45) is -4.21. The number of aromatic nitrogens is 4. The van der Waals surface area contributed by atoms with Gasteiger partial charge >= 0.3 is 30.0 Å². The number of cyclic esters (lactones) is 4. The molecule has 0 spiro atoms. The highest BCUT2D eigenvalue weighted by Gasteiger charge is 2.43. The summed E-state index contributed by atoms with van der Waals surface area (Å²) in [6, 6.07) is 13.7. The van der Waals surface area contributed by atoms with Crippen molar-refractivity contribution in [2.24, 2.45) is 23.7 Å². The summed E-state index contributed by atoms with van der Waals surface area (Å²) in [4.78, 5) is 135. The highest BCUT2D eigenvalue weighted by molar-refractivity contribution is 5.94. The zero-order valence-electron chi connectivity index (χ0n) is 56.1. The van der Waals surface area contributed by atoms with Crippen LogP contribution in [-0.4, -0.2) is 175 Å². The second-order valence-corrected chi connectivity index (χ2v) is 26.3. The van der Waals surface area contributed by atoms with Crippen LogP contribution in [0.25, 0.3) is 0 Å². The lowest BCUT2D eigenvalue weighted by atomic mass is 9.99. The van der Waals surface area contributed by atoms with E-state index in [1.54, 1.807) is 80.2 Å². The molecular weight excluding hydrogens is 1180 g/mol. The van der Waals surface area contributed by atoms with Crippen LogP contribution < -0.4 is 5.32 Å². The number of amides is 5. The van der Waals surface area contributed by atoms with E-state index in [4.69, 9.17) is 23.7 Å². The first-order valence-corrected chi connectivity index (χ1v) is 31.0. The number of carbonyl (C=O) groups is 9. The van der Waals surface area contributed by atoms with Crippen LogP contribution in [-0.2, 0) is 88.0 Å². The van der Waals surface area contributed by atoms with Gasteiger partial charge in [-0.3, -0.25) is 29.2 Å². The molecule has 8 atom stereocenters. The first kappa shape index (κ1) is 73.6. The van der Waals surface area contributed by atoms with Crippen LogP contribution in [0.1, 0.15) is 149 Å². The molecular formula is C67H91N11O14. The summed E-state index contributed by atoms with van der Waals surface area (Å²) < 4.78 is 32.6. The quantitative estimate of drug-likeness (QED) is 0.0804. The van der Waals surface area contributed by atoms with Gasteiger partial charge < -0.3 is 43.3 Å². The van der Waals surface area contributed by atoms with Crippen molar-refractivity contribution in [2.45, 2.75) is 196 Å². The van der Waals surface area contributed by atoms with Gasteiger partial charge in [-0.1, -0.05) is 104 Å². The maximum absolute atomic E-state index is 15.1. The van der Waals surface area contributed by atoms with Crippen LogP contribution >= 0.6 is 0 Å². The summed E-state index contributed by atoms with van der Waals surface area (Å²) >= 11 is 0. The van der Waals surface area contributed by atoms with Crippen molar-refractivity contribution in [3.8, 4) is 12.1 Å². The fraction of sp³-hybridized carbons (Fsp3) is 0.567. The minimum atomic E-state index is -1.63. The highest BCUT2D eigenvalue weighted by Crippen LogP contribution is 2.25. The molecule has 25 nitrogen and oxygen atoms in total. The second kappa shape index (κ2) is 32.7. The van der Waals surface area contributed by atoms with Crippen molar-refractivity contribution in [1.82, 2.24) is 39.2 Å². The van der Waals surface area contributed by atoms with E-state index in [9.17, 15) is 44.1 Å². The van der Waals surface area contributed by atoms with Crippen LogP contribution in [0.5, 0.6) is 0 Å². The summed E-state index contributed by atoms with van der Waals surface area (Å²) in [6.45, 7) is 22.9. The fourth-order valence-corrected chi connectivity index (χ4v) is 10.4. The Morgan fingerprint density at radius 3 is 1.27 bits per heavy atom. The molecule has 2 aromatic carbocycles. The Kier molecular flexibility index (Phi) is 26.2. The average molecular weight is 1270 g/mol. The molecule has 0 aliphatic carbocycles. The Hall–Kier alpha value is -9.13. The van der Waals surface area contributed by atoms with Crippen molar-refractivity contribution in [3.63, 3.8) is 0 Å². The molecule has 0 unspecified atom stereocenters. The Morgan fingerprint density at radius 1 is 0.554 bits per heavy atom. The number of nitrogens with one attached hydrogen (secondary N) is 1. The molecule has 3 heterocycles. The van der Waals surface area contributed by atoms with Crippen LogP contribution in [0.3, 0.4) is 0 Å². The van der Waals surface area contributed by atoms with Gasteiger partial charge in [0.05, 0.1) is 25.0 Å². The monoisotopic (exact) mass is 1270 g/mol. The number of hydrogen-bond acceptors (Lipinski definition) is 18. The lowest BCUT2D eigenvalue weighted by molar-refractivity contribution is -0.176. The first-order valence-electron chi connectivity index (χ1n) is 31.0. The molecule has 92 heavy (non-hydrogen) atoms. The predicted octanol–water partition coefficient (Wildman–Crippen LogP) is 7.24. The second-order valence-electron chi connectivity index (χ2n) is 26.3. The molecule has 1 saturated heterocycles. The van der Waals surface area contributed by atoms with Crippen molar-refractivity contribution < 1.29 is 66.8 Å². The van der Waals surface area contributed by atoms with Gasteiger partial charge in [0.1, 0.15) is 47.6 Å². The Bertz CT molecular complexity index is 3320. The molecule has 1 fully saturated rings. The lowest BCUT2D eigenvalue weighted by Crippen LogP contribution is -2.55. The standard InChI is InChI=1S/C67H91N11O14/c1-39(2)26-52-62(83)88-44(10)59(80)74(15)55(29-42(7)8)65(86)91-57(31-46-20-24-48(25-21-46)37-78-51(34-69)32-49(33-68)72-78)61(82)76(17)53(27-40(3)4)63(84)89-43(9)58(79)73(14)54(28-41(5)6)64(85)90-56(60(81)75(52)16)30-45-18-22-47(23-19-45)36-77-38-50(35-70-77)71-66(87)92-67(11,12)13/h18-25,32,35,38-44,52-57H,26-31,36-37H2,1-17H3,(H,71,87)/t43-,44-,52+,53+,54+,55+,56-,57-/m1/s1. The molecule has 5 rings (SSSR count). The summed E-state index contributed by atoms with van der Waals surface area (Å²) in [5.74, 6) is -8.12. The molecule has 1 N–H and O–H groups in total. The van der Waals surface area contributed by atoms with Gasteiger partial charge in [-0.05, 0) is 106 Å². The third-order valence-electron chi connectivity index (χ3n) is 15.3. The number of ether oxygens (including phenoxy) is 5. The minimum absolute atomic E-state index is 0.0236. The number of benzene rings is 2. The van der Waals surface area contributed by atoms with Crippen LogP contribution in [0.2, 0.25) is 0 Å². The fourth-order valence-electron chi connectivity index (χ4n) is 10.4. The Morgan fingerprint density at radius 2 is 0.913 bits per heavy atom. The normalized spacial score (nSPS) is 21.6. The number of carbonyl (C=O) groups excluding carboxylic acids is 9. The van der Waals surface area contributed by atoms with Gasteiger partial charge in [0, 0.05) is 53.3 Å². The molecule has 0 radical (unpaired) electrons. The van der Waals surface area contributed by atoms with E-state index < -0.39 is 108 Å². The largest absolute Gasteiger partial charge is 0.451 e. The topological polar surface area (TPSA) is 308 Å². The van der Waals surface area contributed by atoms with Gasteiger partial charge in [0.2, 0.25) is 0 Å². The molecule has 0 saturated carbocycles. The van der Waals surface area contributed by atoms with Gasteiger partial charge in [0.15, 0.2) is 30.1 Å². The van der Waals surface area contributed by atoms with Crippen LogP contribution in [0.4, 0.5) is 10.5 Å². The third-order valence-corrected chi connectivity index (χ3v) is 15.3. The van der Waals surface area contributed by atoms with Gasteiger partial charge in [-0.25, -0.2) is 28.7 Å². The van der Waals surface area contributed by atoms with Crippen molar-refractivity contribution in [2.75, 3.05) is 33.5 Å². The molecule has 1 aliphatic rings. The number of hydrogen-bond donors (Lipinski definition) is 1. The SMILES string of the molecule is CC(C)C[C@H]1C(=O)O[C@H](Cc2ccc(Cn3nc(C#N)cc3C#N)cc2)C(=O)N(C)[C@@H](CC(C)C)C(=O)O[C@H](C)C(=O)N(C)[C@@H](CC(C)C)C(=O)O[C@H](Cc2ccc(Cn3cc(NC(=O)OC(C)(C)C)cn3)cc2)C(=O)N(C)[C@@H](CC(C)C)C(=O)O[C@H](C)C(=O)N1C. The lowest BCUT2D eigenvalue weighted by Gasteiger charge is -2.35. The number of nitrogens with zero attached hydrogens (tertiary/aromatic N) is 10. The molecule has 4 aromatic rings. The van der Waals surface area contributed by atoms with E-state index >= 15 is 9.59 Å². The Labute approximate surface area is 539 Å². The number of likely N-dealkylation sites (N-methyl/N-ethyl adjacent to an activating group) is 4. The minimum Gasteiger partial charge on any atom is -0.451 e. The maximum Gasteiger partial charge on any atom is 0.412 e. The van der Waals surface area contributed by atoms with E-state index in [2.05, 4.69) is 15.5 Å². The van der Waals surface area contributed by atoms with Gasteiger partial charge in [-0.15, -0.1) is 0 Å². The molecule has 498 valence electrons. The van der Waals surface area contributed by atoms with E-state index in [0.717, 1.165) is 25.2 Å². The zero-order valence-corrected chi connectivity index (χ0v) is 56.1. The van der Waals surface area contributed by atoms with E-state index in [0.29, 0.717) is 22.4 Å². The van der Waals surface area contributed by atoms with E-state index in [-0.39, 0.29) is 86.7 Å². The summed E-state index contributed by atoms with van der Waals surface area (Å²) in [5, 5.41) is 30.2. The number of rotatable bonds is 17. The number of esters is 4. The maximum atomic E-state index is 15.1. The highest BCUT2D eigenvalue weighted by atomic mass is 16.6.